The molecule has 0 unspecified atom stereocenters. The third kappa shape index (κ3) is 5.00. The van der Waals surface area contributed by atoms with Gasteiger partial charge >= 0.3 is 0 Å². The molecule has 1 saturated heterocycles. The van der Waals surface area contributed by atoms with Crippen LogP contribution in [0.2, 0.25) is 0 Å². The van der Waals surface area contributed by atoms with E-state index in [2.05, 4.69) is 19.6 Å². The van der Waals surface area contributed by atoms with Gasteiger partial charge in [0.05, 0.1) is 4.90 Å². The molecule has 0 radical (unpaired) electrons. The first-order valence-corrected chi connectivity index (χ1v) is 13.0. The molecule has 5 rings (SSSR count). The summed E-state index contributed by atoms with van der Waals surface area (Å²) in [4.78, 5) is 36.0. The fourth-order valence-corrected chi connectivity index (χ4v) is 5.52. The second kappa shape index (κ2) is 9.92. The average Bonchev–Trinajstić information content (AvgIpc) is 2.92. The summed E-state index contributed by atoms with van der Waals surface area (Å²) in [6.07, 6.45) is 1.73. The molecule has 2 aromatic heterocycles. The van der Waals surface area contributed by atoms with E-state index in [9.17, 15) is 18.0 Å². The number of hydrogen-bond donors (Lipinski definition) is 2. The van der Waals surface area contributed by atoms with E-state index in [-0.39, 0.29) is 16.4 Å². The Kier molecular flexibility index (Phi) is 6.53. The van der Waals surface area contributed by atoms with Crippen LogP contribution in [-0.2, 0) is 14.8 Å². The maximum absolute atomic E-state index is 13.6. The molecule has 36 heavy (non-hydrogen) atoms. The topological polar surface area (TPSA) is 115 Å². The monoisotopic (exact) mass is 503 g/mol. The molecule has 2 aromatic carbocycles. The van der Waals surface area contributed by atoms with Gasteiger partial charge in [0.15, 0.2) is 0 Å². The van der Waals surface area contributed by atoms with Crippen molar-refractivity contribution in [2.45, 2.75) is 10.9 Å². The van der Waals surface area contributed by atoms with Gasteiger partial charge in [0.2, 0.25) is 21.5 Å². The molecule has 0 bridgehead atoms. The fourth-order valence-electron chi connectivity index (χ4n) is 4.31. The molecular formula is C26H25N5O4S. The van der Waals surface area contributed by atoms with Crippen molar-refractivity contribution in [2.75, 3.05) is 31.1 Å². The minimum absolute atomic E-state index is 0.00995. The van der Waals surface area contributed by atoms with Crippen molar-refractivity contribution in [2.24, 2.45) is 0 Å². The maximum atomic E-state index is 13.6. The predicted octanol–water partition coefficient (Wildman–Crippen LogP) is 2.29. The van der Waals surface area contributed by atoms with Crippen molar-refractivity contribution in [3.8, 4) is 0 Å². The van der Waals surface area contributed by atoms with Crippen LogP contribution < -0.4 is 15.2 Å². The van der Waals surface area contributed by atoms with Crippen molar-refractivity contribution >= 4 is 32.7 Å². The van der Waals surface area contributed by atoms with Crippen LogP contribution in [0.4, 0.5) is 5.82 Å². The number of aromatic amines is 1. The number of anilines is 1. The highest BCUT2D eigenvalue weighted by molar-refractivity contribution is 7.89. The highest BCUT2D eigenvalue weighted by atomic mass is 32.2. The number of amides is 1. The van der Waals surface area contributed by atoms with Crippen LogP contribution in [0, 0.1) is 0 Å². The minimum Gasteiger partial charge on any atom is -0.353 e. The third-order valence-corrected chi connectivity index (χ3v) is 7.64. The Morgan fingerprint density at radius 2 is 1.67 bits per heavy atom. The van der Waals surface area contributed by atoms with Crippen molar-refractivity contribution in [3.05, 3.63) is 101 Å². The standard InChI is InChI=1S/C26H25N5O4S/c32-24-12-9-20-18-21(10-11-22(20)28-24)36(34,35)29-25(19-6-2-1-3-7-19)26(33)31-16-14-30(15-17-31)23-8-4-5-13-27-23/h1-13,18,25,29H,14-17H2,(H,28,32)/t25-/m1/s1. The summed E-state index contributed by atoms with van der Waals surface area (Å²) in [5.74, 6) is 0.540. The maximum Gasteiger partial charge on any atom is 0.248 e. The summed E-state index contributed by atoms with van der Waals surface area (Å²) >= 11 is 0. The molecule has 184 valence electrons. The first-order valence-electron chi connectivity index (χ1n) is 11.6. The van der Waals surface area contributed by atoms with Gasteiger partial charge in [-0.3, -0.25) is 9.59 Å². The van der Waals surface area contributed by atoms with Crippen molar-refractivity contribution < 1.29 is 13.2 Å². The number of carbonyl (C=O) groups excluding carboxylic acids is 1. The molecule has 10 heteroatoms. The normalized spacial score (nSPS) is 15.1. The second-order valence-corrected chi connectivity index (χ2v) is 10.3. The number of hydrogen-bond acceptors (Lipinski definition) is 6. The van der Waals surface area contributed by atoms with Gasteiger partial charge in [0.25, 0.3) is 0 Å². The molecule has 1 amide bonds. The summed E-state index contributed by atoms with van der Waals surface area (Å²) in [6, 6.07) is 20.8. The van der Waals surface area contributed by atoms with Gasteiger partial charge in [-0.15, -0.1) is 0 Å². The lowest BCUT2D eigenvalue weighted by atomic mass is 10.1. The SMILES string of the molecule is O=C([C@H](NS(=O)(=O)c1ccc2[nH]c(=O)ccc2c1)c1ccccc1)N1CCN(c2ccccn2)CC1. The number of nitrogens with one attached hydrogen (secondary N) is 2. The number of piperazine rings is 1. The Morgan fingerprint density at radius 1 is 0.917 bits per heavy atom. The zero-order valence-electron chi connectivity index (χ0n) is 19.4. The third-order valence-electron chi connectivity index (χ3n) is 6.22. The largest absolute Gasteiger partial charge is 0.353 e. The highest BCUT2D eigenvalue weighted by Gasteiger charge is 2.32. The van der Waals surface area contributed by atoms with Crippen LogP contribution in [-0.4, -0.2) is 55.4 Å². The zero-order chi connectivity index (χ0) is 25.1. The van der Waals surface area contributed by atoms with Crippen molar-refractivity contribution in [1.29, 1.82) is 0 Å². The number of pyridine rings is 2. The van der Waals surface area contributed by atoms with E-state index >= 15 is 0 Å². The van der Waals surface area contributed by atoms with Crippen LogP contribution in [0.5, 0.6) is 0 Å². The van der Waals surface area contributed by atoms with Crippen molar-refractivity contribution in [3.63, 3.8) is 0 Å². The Hall–Kier alpha value is -4.02. The molecular weight excluding hydrogens is 478 g/mol. The molecule has 9 nitrogen and oxygen atoms in total. The van der Waals surface area contributed by atoms with Crippen LogP contribution in [0.3, 0.4) is 0 Å². The van der Waals surface area contributed by atoms with Crippen molar-refractivity contribution in [1.82, 2.24) is 19.6 Å². The van der Waals surface area contributed by atoms with E-state index in [1.165, 1.54) is 18.2 Å². The number of carbonyl (C=O) groups is 1. The van der Waals surface area contributed by atoms with E-state index in [0.29, 0.717) is 42.6 Å². The lowest BCUT2D eigenvalue weighted by Crippen LogP contribution is -2.52. The van der Waals surface area contributed by atoms with Gasteiger partial charge in [-0.1, -0.05) is 36.4 Å². The van der Waals surface area contributed by atoms with E-state index in [4.69, 9.17) is 0 Å². The summed E-state index contributed by atoms with van der Waals surface area (Å²) in [5.41, 5.74) is 0.820. The molecule has 4 aromatic rings. The average molecular weight is 504 g/mol. The molecule has 2 N–H and O–H groups in total. The number of benzene rings is 2. The minimum atomic E-state index is -4.06. The zero-order valence-corrected chi connectivity index (χ0v) is 20.2. The van der Waals surface area contributed by atoms with E-state index in [1.54, 1.807) is 47.5 Å². The van der Waals surface area contributed by atoms with Crippen LogP contribution in [0.1, 0.15) is 11.6 Å². The van der Waals surface area contributed by atoms with E-state index in [1.807, 2.05) is 24.3 Å². The van der Waals surface area contributed by atoms with Gasteiger partial charge in [-0.25, -0.2) is 13.4 Å². The fraction of sp³-hybridized carbons (Fsp3) is 0.192. The lowest BCUT2D eigenvalue weighted by Gasteiger charge is -2.37. The molecule has 0 spiro atoms. The number of fused-ring (bicyclic) bond motifs is 1. The lowest BCUT2D eigenvalue weighted by molar-refractivity contribution is -0.133. The number of aromatic nitrogens is 2. The highest BCUT2D eigenvalue weighted by Crippen LogP contribution is 2.23. The molecule has 1 aliphatic heterocycles. The quantitative estimate of drug-likeness (QED) is 0.417. The Balaban J connectivity index is 1.39. The number of sulfonamides is 1. The number of rotatable bonds is 6. The summed E-state index contributed by atoms with van der Waals surface area (Å²) < 4.78 is 29.4. The van der Waals surface area contributed by atoms with Gasteiger partial charge < -0.3 is 14.8 Å². The first kappa shape index (κ1) is 23.7. The summed E-state index contributed by atoms with van der Waals surface area (Å²) in [7, 11) is -4.06. The summed E-state index contributed by atoms with van der Waals surface area (Å²) in [6.45, 7) is 2.09. The van der Waals surface area contributed by atoms with E-state index in [0.717, 1.165) is 5.82 Å². The molecule has 3 heterocycles. The first-order chi connectivity index (χ1) is 17.4. The Morgan fingerprint density at radius 3 is 2.39 bits per heavy atom. The smallest absolute Gasteiger partial charge is 0.248 e. The second-order valence-electron chi connectivity index (χ2n) is 8.54. The van der Waals surface area contributed by atoms with Crippen LogP contribution in [0.15, 0.2) is 94.7 Å². The Bertz CT molecular complexity index is 1530. The molecule has 1 atom stereocenters. The van der Waals surface area contributed by atoms with E-state index < -0.39 is 16.1 Å². The van der Waals surface area contributed by atoms with Crippen LogP contribution in [0.25, 0.3) is 10.9 Å². The molecule has 0 aliphatic carbocycles. The molecule has 1 fully saturated rings. The van der Waals surface area contributed by atoms with Gasteiger partial charge in [0, 0.05) is 44.0 Å². The molecule has 1 aliphatic rings. The van der Waals surface area contributed by atoms with Gasteiger partial charge in [-0.05, 0) is 47.3 Å². The van der Waals surface area contributed by atoms with Crippen LogP contribution >= 0.6 is 0 Å². The number of H-pyrrole nitrogens is 1. The van der Waals surface area contributed by atoms with Gasteiger partial charge in [0.1, 0.15) is 11.9 Å². The molecule has 0 saturated carbocycles. The predicted molar refractivity (Wildman–Crippen MR) is 137 cm³/mol. The Labute approximate surface area is 208 Å². The number of nitrogens with zero attached hydrogens (tertiary/aromatic N) is 3. The van der Waals surface area contributed by atoms with Gasteiger partial charge in [-0.2, -0.15) is 4.72 Å². The summed E-state index contributed by atoms with van der Waals surface area (Å²) in [5, 5.41) is 0.575.